The van der Waals surface area contributed by atoms with Crippen molar-refractivity contribution in [3.8, 4) is 0 Å². The van der Waals surface area contributed by atoms with Crippen molar-refractivity contribution in [3.63, 3.8) is 0 Å². The van der Waals surface area contributed by atoms with Gasteiger partial charge in [0.2, 0.25) is 0 Å². The molecule has 0 saturated carbocycles. The molecule has 0 atom stereocenters. The summed E-state index contributed by atoms with van der Waals surface area (Å²) in [5.41, 5.74) is 0. The Morgan fingerprint density at radius 3 is 1.88 bits per heavy atom. The molecule has 0 bridgehead atoms. The van der Waals surface area contributed by atoms with Crippen LogP contribution in [0.1, 0.15) is 13.3 Å². The van der Waals surface area contributed by atoms with E-state index >= 15 is 0 Å². The van der Waals surface area contributed by atoms with E-state index in [1.165, 1.54) is 6.92 Å². The van der Waals surface area contributed by atoms with Gasteiger partial charge in [-0.25, -0.2) is 0 Å². The topological polar surface area (TPSA) is 54.4 Å². The van der Waals surface area contributed by atoms with Crippen LogP contribution in [0.4, 0.5) is 0 Å². The van der Waals surface area contributed by atoms with Crippen LogP contribution >= 0.6 is 0 Å². The Bertz CT molecular complexity index is 87.5. The molecule has 0 amide bonds. The minimum absolute atomic E-state index is 0. The summed E-state index contributed by atoms with van der Waals surface area (Å²) in [6.07, 6.45) is -0.361. The average Bonchev–Trinajstić information content (AvgIpc) is 1.27. The molecule has 4 heteroatoms. The fourth-order valence-electron chi connectivity index (χ4n) is 0.213. The molecule has 8 heavy (non-hydrogen) atoms. The van der Waals surface area contributed by atoms with Crippen molar-refractivity contribution in [2.45, 2.75) is 13.3 Å². The fraction of sp³-hybridized carbons (Fsp3) is 0.500. The van der Waals surface area contributed by atoms with Gasteiger partial charge in [0.25, 0.3) is 0 Å². The standard InChI is InChI=1S/C4H6O3.W/c1-3(5)2-4(6)7;/h2H2,1H3,(H,6,7);. The first-order valence-corrected chi connectivity index (χ1v) is 1.84. The number of rotatable bonds is 2. The van der Waals surface area contributed by atoms with E-state index in [0.29, 0.717) is 0 Å². The third-order valence-electron chi connectivity index (χ3n) is 0.400. The van der Waals surface area contributed by atoms with Crippen LogP contribution in [0, 0.1) is 0 Å². The molecular formula is C4H6O3W. The van der Waals surface area contributed by atoms with Gasteiger partial charge >= 0.3 is 5.97 Å². The van der Waals surface area contributed by atoms with Gasteiger partial charge in [0, 0.05) is 21.1 Å². The Kier molecular flexibility index (Phi) is 6.68. The molecule has 46 valence electrons. The average molecular weight is 286 g/mol. The summed E-state index contributed by atoms with van der Waals surface area (Å²) >= 11 is 0. The molecule has 1 N–H and O–H groups in total. The van der Waals surface area contributed by atoms with Crippen LogP contribution in [0.15, 0.2) is 0 Å². The third-order valence-corrected chi connectivity index (χ3v) is 0.400. The van der Waals surface area contributed by atoms with Crippen molar-refractivity contribution in [1.29, 1.82) is 0 Å². The quantitative estimate of drug-likeness (QED) is 0.730. The Morgan fingerprint density at radius 1 is 1.50 bits per heavy atom. The minimum Gasteiger partial charge on any atom is -0.481 e. The SMILES string of the molecule is CC(=O)CC(=O)O.[W]. The van der Waals surface area contributed by atoms with E-state index in [1.54, 1.807) is 0 Å². The zero-order valence-electron chi connectivity index (χ0n) is 4.38. The van der Waals surface area contributed by atoms with Gasteiger partial charge in [0.15, 0.2) is 0 Å². The van der Waals surface area contributed by atoms with Crippen molar-refractivity contribution in [2.24, 2.45) is 0 Å². The van der Waals surface area contributed by atoms with Gasteiger partial charge in [-0.3, -0.25) is 9.59 Å². The van der Waals surface area contributed by atoms with Gasteiger partial charge in [-0.2, -0.15) is 0 Å². The molecule has 0 aliphatic rings. The Labute approximate surface area is 61.3 Å². The molecule has 3 nitrogen and oxygen atoms in total. The first kappa shape index (κ1) is 10.7. The summed E-state index contributed by atoms with van der Waals surface area (Å²) in [5, 5.41) is 7.86. The summed E-state index contributed by atoms with van der Waals surface area (Å²) in [6, 6.07) is 0. The largest absolute Gasteiger partial charge is 0.481 e. The third kappa shape index (κ3) is 9.27. The minimum atomic E-state index is -1.06. The number of Topliss-reactive ketones (excluding diaryl/α,β-unsaturated/α-hetero) is 1. The molecule has 0 aromatic carbocycles. The van der Waals surface area contributed by atoms with E-state index < -0.39 is 5.97 Å². The van der Waals surface area contributed by atoms with Crippen LogP contribution < -0.4 is 0 Å². The van der Waals surface area contributed by atoms with Crippen LogP contribution in [-0.4, -0.2) is 16.9 Å². The van der Waals surface area contributed by atoms with Gasteiger partial charge in [-0.1, -0.05) is 0 Å². The van der Waals surface area contributed by atoms with Crippen molar-refractivity contribution >= 4 is 11.8 Å². The summed E-state index contributed by atoms with van der Waals surface area (Å²) < 4.78 is 0. The number of hydrogen-bond acceptors (Lipinski definition) is 2. The molecule has 0 radical (unpaired) electrons. The smallest absolute Gasteiger partial charge is 0.310 e. The number of hydrogen-bond donors (Lipinski definition) is 1. The van der Waals surface area contributed by atoms with E-state index in [2.05, 4.69) is 0 Å². The number of ketones is 1. The summed E-state index contributed by atoms with van der Waals surface area (Å²) in [6.45, 7) is 1.24. The van der Waals surface area contributed by atoms with Crippen molar-refractivity contribution in [1.82, 2.24) is 0 Å². The molecule has 0 aromatic heterocycles. The summed E-state index contributed by atoms with van der Waals surface area (Å²) in [4.78, 5) is 19.5. The molecule has 0 fully saturated rings. The number of carbonyl (C=O) groups is 2. The Balaban J connectivity index is 0. The van der Waals surface area contributed by atoms with Crippen molar-refractivity contribution in [2.75, 3.05) is 0 Å². The second-order valence-electron chi connectivity index (χ2n) is 1.27. The summed E-state index contributed by atoms with van der Waals surface area (Å²) in [7, 11) is 0. The van der Waals surface area contributed by atoms with Crippen LogP contribution in [0.3, 0.4) is 0 Å². The normalized spacial score (nSPS) is 7.12. The van der Waals surface area contributed by atoms with Crippen LogP contribution in [0.25, 0.3) is 0 Å². The first-order chi connectivity index (χ1) is 3.13. The first-order valence-electron chi connectivity index (χ1n) is 1.84. The van der Waals surface area contributed by atoms with Gasteiger partial charge in [0.05, 0.1) is 0 Å². The molecule has 0 saturated heterocycles. The maximum atomic E-state index is 9.87. The molecule has 0 aromatic rings. The molecule has 0 heterocycles. The molecular weight excluding hydrogens is 280 g/mol. The second-order valence-corrected chi connectivity index (χ2v) is 1.27. The number of aliphatic carboxylic acids is 1. The number of carboxylic acid groups (broad SMARTS) is 1. The molecule has 0 rings (SSSR count). The van der Waals surface area contributed by atoms with Gasteiger partial charge < -0.3 is 5.11 Å². The van der Waals surface area contributed by atoms with Crippen LogP contribution in [0.5, 0.6) is 0 Å². The van der Waals surface area contributed by atoms with Crippen LogP contribution in [-0.2, 0) is 30.7 Å². The Morgan fingerprint density at radius 2 is 1.88 bits per heavy atom. The van der Waals surface area contributed by atoms with Gasteiger partial charge in [-0.05, 0) is 6.92 Å². The van der Waals surface area contributed by atoms with E-state index in [1.807, 2.05) is 0 Å². The second kappa shape index (κ2) is 4.97. The number of carboxylic acids is 1. The molecule has 0 aliphatic heterocycles. The fourth-order valence-corrected chi connectivity index (χ4v) is 0.213. The monoisotopic (exact) mass is 286 g/mol. The number of carbonyl (C=O) groups excluding carboxylic acids is 1. The Hall–Kier alpha value is -0.172. The molecule has 0 unspecified atom stereocenters. The van der Waals surface area contributed by atoms with E-state index in [4.69, 9.17) is 5.11 Å². The van der Waals surface area contributed by atoms with Gasteiger partial charge in [-0.15, -0.1) is 0 Å². The van der Waals surface area contributed by atoms with Crippen LogP contribution in [0.2, 0.25) is 0 Å². The maximum Gasteiger partial charge on any atom is 0.310 e. The predicted molar refractivity (Wildman–Crippen MR) is 22.9 cm³/mol. The molecule has 0 spiro atoms. The van der Waals surface area contributed by atoms with E-state index in [0.717, 1.165) is 0 Å². The van der Waals surface area contributed by atoms with Gasteiger partial charge in [0.1, 0.15) is 12.2 Å². The van der Waals surface area contributed by atoms with Crippen molar-refractivity contribution in [3.05, 3.63) is 0 Å². The van der Waals surface area contributed by atoms with Crippen molar-refractivity contribution < 1.29 is 35.8 Å². The molecule has 0 aliphatic carbocycles. The maximum absolute atomic E-state index is 9.87. The summed E-state index contributed by atoms with van der Waals surface area (Å²) in [5.74, 6) is -1.37. The van der Waals surface area contributed by atoms with E-state index in [9.17, 15) is 9.59 Å². The predicted octanol–water partition coefficient (Wildman–Crippen LogP) is 0.0476. The zero-order valence-corrected chi connectivity index (χ0v) is 7.31. The zero-order chi connectivity index (χ0) is 5.86. The van der Waals surface area contributed by atoms with E-state index in [-0.39, 0.29) is 33.3 Å².